The SMILES string of the molecule is C=CCOc1ccc(C(F)=C(F)c2ccc3c(F)c(OCC=C)ccc3c2)cc1. The number of hydrogen-bond acceptors (Lipinski definition) is 2. The van der Waals surface area contributed by atoms with Crippen LogP contribution in [-0.2, 0) is 0 Å². The van der Waals surface area contributed by atoms with Gasteiger partial charge in [0, 0.05) is 16.5 Å². The Morgan fingerprint density at radius 2 is 1.41 bits per heavy atom. The van der Waals surface area contributed by atoms with E-state index in [0.29, 0.717) is 17.7 Å². The van der Waals surface area contributed by atoms with Gasteiger partial charge < -0.3 is 9.47 Å². The first kappa shape index (κ1) is 20.3. The highest BCUT2D eigenvalue weighted by molar-refractivity contribution is 5.91. The average Bonchev–Trinajstić information content (AvgIpc) is 2.76. The molecule has 0 aromatic heterocycles. The lowest BCUT2D eigenvalue weighted by molar-refractivity contribution is 0.344. The van der Waals surface area contributed by atoms with Gasteiger partial charge in [-0.15, -0.1) is 0 Å². The van der Waals surface area contributed by atoms with Gasteiger partial charge in [0.05, 0.1) is 0 Å². The van der Waals surface area contributed by atoms with Crippen LogP contribution in [0, 0.1) is 5.82 Å². The molecule has 0 amide bonds. The number of rotatable bonds is 8. The molecule has 0 aliphatic heterocycles. The molecular weight excluding hydrogens is 377 g/mol. The summed E-state index contributed by atoms with van der Waals surface area (Å²) in [6.45, 7) is 7.55. The maximum Gasteiger partial charge on any atom is 0.172 e. The van der Waals surface area contributed by atoms with E-state index in [0.717, 1.165) is 0 Å². The van der Waals surface area contributed by atoms with Crippen molar-refractivity contribution in [3.05, 3.63) is 96.9 Å². The van der Waals surface area contributed by atoms with E-state index in [1.54, 1.807) is 24.3 Å². The average molecular weight is 396 g/mol. The van der Waals surface area contributed by atoms with Crippen molar-refractivity contribution in [2.75, 3.05) is 13.2 Å². The summed E-state index contributed by atoms with van der Waals surface area (Å²) in [5.41, 5.74) is 0.0917. The van der Waals surface area contributed by atoms with Crippen LogP contribution < -0.4 is 9.47 Å². The zero-order valence-corrected chi connectivity index (χ0v) is 15.6. The number of ether oxygens (including phenoxy) is 2. The Balaban J connectivity index is 1.91. The summed E-state index contributed by atoms with van der Waals surface area (Å²) in [5.74, 6) is -2.00. The van der Waals surface area contributed by atoms with Crippen LogP contribution >= 0.6 is 0 Å². The van der Waals surface area contributed by atoms with E-state index < -0.39 is 17.5 Å². The molecule has 3 rings (SSSR count). The largest absolute Gasteiger partial charge is 0.490 e. The van der Waals surface area contributed by atoms with Crippen LogP contribution in [0.3, 0.4) is 0 Å². The van der Waals surface area contributed by atoms with Crippen molar-refractivity contribution >= 4 is 22.4 Å². The normalized spacial score (nSPS) is 11.7. The summed E-state index contributed by atoms with van der Waals surface area (Å²) in [6.07, 6.45) is 3.10. The first-order valence-electron chi connectivity index (χ1n) is 8.91. The fourth-order valence-corrected chi connectivity index (χ4v) is 2.77. The van der Waals surface area contributed by atoms with Crippen LogP contribution in [-0.4, -0.2) is 13.2 Å². The third-order valence-corrected chi connectivity index (χ3v) is 4.20. The Labute approximate surface area is 167 Å². The van der Waals surface area contributed by atoms with Crippen molar-refractivity contribution in [2.45, 2.75) is 0 Å². The summed E-state index contributed by atoms with van der Waals surface area (Å²) in [4.78, 5) is 0. The van der Waals surface area contributed by atoms with Gasteiger partial charge in [0.2, 0.25) is 0 Å². The van der Waals surface area contributed by atoms with Crippen LogP contribution in [0.15, 0.2) is 79.9 Å². The first-order valence-corrected chi connectivity index (χ1v) is 8.91. The maximum atomic E-state index is 14.7. The van der Waals surface area contributed by atoms with Crippen molar-refractivity contribution in [2.24, 2.45) is 0 Å². The number of halogens is 3. The minimum absolute atomic E-state index is 0.0149. The molecule has 3 aromatic rings. The predicted octanol–water partition coefficient (Wildman–Crippen LogP) is 6.87. The van der Waals surface area contributed by atoms with E-state index in [4.69, 9.17) is 9.47 Å². The molecule has 0 aliphatic rings. The summed E-state index contributed by atoms with van der Waals surface area (Å²) >= 11 is 0. The van der Waals surface area contributed by atoms with Gasteiger partial charge in [-0.05, 0) is 41.8 Å². The molecule has 0 fully saturated rings. The summed E-state index contributed by atoms with van der Waals surface area (Å²) in [7, 11) is 0. The molecule has 0 saturated carbocycles. The molecule has 0 saturated heterocycles. The lowest BCUT2D eigenvalue weighted by atomic mass is 10.0. The molecule has 2 nitrogen and oxygen atoms in total. The Bertz CT molecular complexity index is 1070. The number of benzene rings is 3. The molecule has 5 heteroatoms. The van der Waals surface area contributed by atoms with Gasteiger partial charge in [0.25, 0.3) is 0 Å². The highest BCUT2D eigenvalue weighted by atomic mass is 19.2. The fraction of sp³-hybridized carbons (Fsp3) is 0.0833. The van der Waals surface area contributed by atoms with Crippen molar-refractivity contribution in [3.8, 4) is 11.5 Å². The van der Waals surface area contributed by atoms with Gasteiger partial charge in [-0.25, -0.2) is 13.2 Å². The van der Waals surface area contributed by atoms with Crippen molar-refractivity contribution in [1.29, 1.82) is 0 Å². The van der Waals surface area contributed by atoms with Gasteiger partial charge >= 0.3 is 0 Å². The molecule has 3 aromatic carbocycles. The zero-order valence-electron chi connectivity index (χ0n) is 15.6. The molecule has 0 spiro atoms. The Hall–Kier alpha value is -3.47. The minimum atomic E-state index is -1.03. The summed E-state index contributed by atoms with van der Waals surface area (Å²) in [5, 5.41) is 0.689. The Kier molecular flexibility index (Phi) is 6.39. The second-order valence-corrected chi connectivity index (χ2v) is 6.17. The third kappa shape index (κ3) is 4.51. The molecule has 148 valence electrons. The molecule has 29 heavy (non-hydrogen) atoms. The van der Waals surface area contributed by atoms with E-state index in [9.17, 15) is 13.2 Å². The minimum Gasteiger partial charge on any atom is -0.490 e. The molecule has 0 radical (unpaired) electrons. The second-order valence-electron chi connectivity index (χ2n) is 6.17. The molecule has 0 atom stereocenters. The highest BCUT2D eigenvalue weighted by Crippen LogP contribution is 2.33. The van der Waals surface area contributed by atoms with Crippen molar-refractivity contribution in [1.82, 2.24) is 0 Å². The van der Waals surface area contributed by atoms with Crippen molar-refractivity contribution < 1.29 is 22.6 Å². The van der Waals surface area contributed by atoms with Crippen LogP contribution in [0.25, 0.3) is 22.4 Å². The Morgan fingerprint density at radius 3 is 2.10 bits per heavy atom. The zero-order chi connectivity index (χ0) is 20.8. The van der Waals surface area contributed by atoms with Crippen LogP contribution in [0.1, 0.15) is 11.1 Å². The van der Waals surface area contributed by atoms with Gasteiger partial charge in [-0.1, -0.05) is 43.5 Å². The number of hydrogen-bond donors (Lipinski definition) is 0. The van der Waals surface area contributed by atoms with Gasteiger partial charge in [-0.2, -0.15) is 0 Å². The summed E-state index contributed by atoms with van der Waals surface area (Å²) < 4.78 is 54.4. The maximum absolute atomic E-state index is 14.7. The van der Waals surface area contributed by atoms with E-state index in [1.807, 2.05) is 0 Å². The fourth-order valence-electron chi connectivity index (χ4n) is 2.77. The van der Waals surface area contributed by atoms with Gasteiger partial charge in [-0.3, -0.25) is 0 Å². The van der Waals surface area contributed by atoms with E-state index in [2.05, 4.69) is 13.2 Å². The quantitative estimate of drug-likeness (QED) is 0.305. The monoisotopic (exact) mass is 396 g/mol. The van der Waals surface area contributed by atoms with Crippen LogP contribution in [0.5, 0.6) is 11.5 Å². The molecule has 0 heterocycles. The van der Waals surface area contributed by atoms with Gasteiger partial charge in [0.1, 0.15) is 19.0 Å². The van der Waals surface area contributed by atoms with E-state index in [1.165, 1.54) is 42.5 Å². The lowest BCUT2D eigenvalue weighted by Gasteiger charge is -2.09. The van der Waals surface area contributed by atoms with E-state index in [-0.39, 0.29) is 28.9 Å². The van der Waals surface area contributed by atoms with E-state index >= 15 is 0 Å². The molecule has 0 bridgehead atoms. The third-order valence-electron chi connectivity index (χ3n) is 4.20. The lowest BCUT2D eigenvalue weighted by Crippen LogP contribution is -1.96. The molecule has 0 unspecified atom stereocenters. The molecule has 0 N–H and O–H groups in total. The highest BCUT2D eigenvalue weighted by Gasteiger charge is 2.14. The van der Waals surface area contributed by atoms with Crippen LogP contribution in [0.2, 0.25) is 0 Å². The van der Waals surface area contributed by atoms with Crippen molar-refractivity contribution in [3.63, 3.8) is 0 Å². The number of fused-ring (bicyclic) bond motifs is 1. The standard InChI is InChI=1S/C24H19F3O2/c1-3-13-28-19-9-5-16(6-10-19)22(25)23(26)18-7-11-20-17(15-18)8-12-21(24(20)27)29-14-4-2/h3-12,15H,1-2,13-14H2. The van der Waals surface area contributed by atoms with Crippen LogP contribution in [0.4, 0.5) is 13.2 Å². The van der Waals surface area contributed by atoms with Gasteiger partial charge in [0.15, 0.2) is 23.2 Å². The molecular formula is C24H19F3O2. The first-order chi connectivity index (χ1) is 14.0. The topological polar surface area (TPSA) is 18.5 Å². The predicted molar refractivity (Wildman–Crippen MR) is 111 cm³/mol. The smallest absolute Gasteiger partial charge is 0.172 e. The second kappa shape index (κ2) is 9.15. The molecule has 0 aliphatic carbocycles. The summed E-state index contributed by atoms with van der Waals surface area (Å²) in [6, 6.07) is 13.1. The Morgan fingerprint density at radius 1 is 0.793 bits per heavy atom.